The third-order valence-electron chi connectivity index (χ3n) is 4.04. The SMILES string of the molecule is COc1cccc(CC(=O)c2ccc(-c3cnn(C)c3)cc2OC)c1. The van der Waals surface area contributed by atoms with Gasteiger partial charge in [-0.25, -0.2) is 0 Å². The standard InChI is InChI=1S/C20H20N2O3/c1-22-13-16(12-21-22)15-7-8-18(20(11-15)25-3)19(23)10-14-5-4-6-17(9-14)24-2/h4-9,11-13H,10H2,1-3H3. The molecule has 0 aliphatic carbocycles. The predicted molar refractivity (Wildman–Crippen MR) is 96.2 cm³/mol. The van der Waals surface area contributed by atoms with E-state index < -0.39 is 0 Å². The van der Waals surface area contributed by atoms with E-state index in [2.05, 4.69) is 5.10 Å². The van der Waals surface area contributed by atoms with Gasteiger partial charge in [0.15, 0.2) is 5.78 Å². The zero-order valence-corrected chi connectivity index (χ0v) is 14.5. The van der Waals surface area contributed by atoms with Gasteiger partial charge in [-0.2, -0.15) is 5.10 Å². The van der Waals surface area contributed by atoms with Gasteiger partial charge in [0.2, 0.25) is 0 Å². The Bertz CT molecular complexity index is 899. The Morgan fingerprint density at radius 3 is 2.60 bits per heavy atom. The van der Waals surface area contributed by atoms with Gasteiger partial charge in [-0.3, -0.25) is 9.48 Å². The van der Waals surface area contributed by atoms with E-state index >= 15 is 0 Å². The second-order valence-electron chi connectivity index (χ2n) is 5.77. The first-order valence-electron chi connectivity index (χ1n) is 7.94. The molecule has 0 N–H and O–H groups in total. The van der Waals surface area contributed by atoms with Crippen molar-refractivity contribution in [1.82, 2.24) is 9.78 Å². The monoisotopic (exact) mass is 336 g/mol. The summed E-state index contributed by atoms with van der Waals surface area (Å²) >= 11 is 0. The zero-order valence-electron chi connectivity index (χ0n) is 14.5. The third-order valence-corrected chi connectivity index (χ3v) is 4.04. The molecule has 0 bridgehead atoms. The van der Waals surface area contributed by atoms with Crippen molar-refractivity contribution in [2.75, 3.05) is 14.2 Å². The second kappa shape index (κ2) is 7.21. The number of ketones is 1. The Labute approximate surface area is 146 Å². The fraction of sp³-hybridized carbons (Fsp3) is 0.200. The van der Waals surface area contributed by atoms with E-state index in [1.165, 1.54) is 0 Å². The second-order valence-corrected chi connectivity index (χ2v) is 5.77. The van der Waals surface area contributed by atoms with Crippen LogP contribution in [0.2, 0.25) is 0 Å². The molecule has 0 atom stereocenters. The molecule has 25 heavy (non-hydrogen) atoms. The number of nitrogens with zero attached hydrogens (tertiary/aromatic N) is 2. The highest BCUT2D eigenvalue weighted by molar-refractivity contribution is 6.00. The van der Waals surface area contributed by atoms with E-state index in [0.717, 1.165) is 22.4 Å². The van der Waals surface area contributed by atoms with E-state index in [4.69, 9.17) is 9.47 Å². The van der Waals surface area contributed by atoms with E-state index in [-0.39, 0.29) is 5.78 Å². The number of Topliss-reactive ketones (excluding diaryl/α,β-unsaturated/α-hetero) is 1. The first kappa shape index (κ1) is 16.8. The summed E-state index contributed by atoms with van der Waals surface area (Å²) in [6, 6.07) is 13.1. The molecule has 5 heteroatoms. The topological polar surface area (TPSA) is 53.3 Å². The molecule has 128 valence electrons. The minimum atomic E-state index is 0.00263. The van der Waals surface area contributed by atoms with Crippen LogP contribution in [0.3, 0.4) is 0 Å². The van der Waals surface area contributed by atoms with Crippen LogP contribution in [0.25, 0.3) is 11.1 Å². The Hall–Kier alpha value is -3.08. The summed E-state index contributed by atoms with van der Waals surface area (Å²) < 4.78 is 12.4. The summed E-state index contributed by atoms with van der Waals surface area (Å²) in [6.07, 6.45) is 4.00. The van der Waals surface area contributed by atoms with Crippen molar-refractivity contribution in [2.45, 2.75) is 6.42 Å². The summed E-state index contributed by atoms with van der Waals surface area (Å²) in [4.78, 5) is 12.7. The van der Waals surface area contributed by atoms with E-state index in [1.807, 2.05) is 55.7 Å². The first-order chi connectivity index (χ1) is 12.1. The maximum Gasteiger partial charge on any atom is 0.170 e. The van der Waals surface area contributed by atoms with Crippen LogP contribution >= 0.6 is 0 Å². The minimum Gasteiger partial charge on any atom is -0.497 e. The average Bonchev–Trinajstić information content (AvgIpc) is 3.07. The van der Waals surface area contributed by atoms with Crippen molar-refractivity contribution < 1.29 is 14.3 Å². The highest BCUT2D eigenvalue weighted by Crippen LogP contribution is 2.28. The molecule has 3 aromatic rings. The van der Waals surface area contributed by atoms with Crippen LogP contribution in [0.5, 0.6) is 11.5 Å². The minimum absolute atomic E-state index is 0.00263. The molecule has 0 spiro atoms. The summed E-state index contributed by atoms with van der Waals surface area (Å²) in [5.74, 6) is 1.31. The molecule has 0 radical (unpaired) electrons. The molecule has 1 heterocycles. The average molecular weight is 336 g/mol. The Kier molecular flexibility index (Phi) is 4.84. The van der Waals surface area contributed by atoms with Crippen molar-refractivity contribution in [2.24, 2.45) is 7.05 Å². The maximum absolute atomic E-state index is 12.7. The molecule has 0 unspecified atom stereocenters. The fourth-order valence-electron chi connectivity index (χ4n) is 2.73. The summed E-state index contributed by atoms with van der Waals surface area (Å²) in [5.41, 5.74) is 3.41. The van der Waals surface area contributed by atoms with Gasteiger partial charge in [0.1, 0.15) is 11.5 Å². The number of carbonyl (C=O) groups is 1. The summed E-state index contributed by atoms with van der Waals surface area (Å²) in [5, 5.41) is 4.18. The molecule has 0 saturated heterocycles. The van der Waals surface area contributed by atoms with Crippen LogP contribution in [0.4, 0.5) is 0 Å². The van der Waals surface area contributed by atoms with E-state index in [0.29, 0.717) is 17.7 Å². The summed E-state index contributed by atoms with van der Waals surface area (Å²) in [6.45, 7) is 0. The predicted octanol–water partition coefficient (Wildman–Crippen LogP) is 3.53. The van der Waals surface area contributed by atoms with Crippen LogP contribution in [-0.2, 0) is 13.5 Å². The Morgan fingerprint density at radius 2 is 1.92 bits per heavy atom. The zero-order chi connectivity index (χ0) is 17.8. The van der Waals surface area contributed by atoms with Gasteiger partial charge in [-0.1, -0.05) is 18.2 Å². The molecule has 0 saturated carbocycles. The third kappa shape index (κ3) is 3.71. The van der Waals surface area contributed by atoms with Gasteiger partial charge in [0.05, 0.1) is 26.0 Å². The van der Waals surface area contributed by atoms with Crippen molar-refractivity contribution in [1.29, 1.82) is 0 Å². The lowest BCUT2D eigenvalue weighted by Gasteiger charge is -2.10. The van der Waals surface area contributed by atoms with Crippen LogP contribution in [0.1, 0.15) is 15.9 Å². The van der Waals surface area contributed by atoms with Gasteiger partial charge in [-0.15, -0.1) is 0 Å². The molecule has 3 rings (SSSR count). The maximum atomic E-state index is 12.7. The molecule has 0 amide bonds. The first-order valence-corrected chi connectivity index (χ1v) is 7.94. The lowest BCUT2D eigenvalue weighted by molar-refractivity contribution is 0.0990. The van der Waals surface area contributed by atoms with Crippen LogP contribution in [-0.4, -0.2) is 29.8 Å². The quantitative estimate of drug-likeness (QED) is 0.646. The number of hydrogen-bond donors (Lipinski definition) is 0. The summed E-state index contributed by atoms with van der Waals surface area (Å²) in [7, 11) is 5.05. The van der Waals surface area contributed by atoms with Crippen LogP contribution in [0.15, 0.2) is 54.9 Å². The molecule has 0 aliphatic heterocycles. The number of aromatic nitrogens is 2. The van der Waals surface area contributed by atoms with E-state index in [9.17, 15) is 4.79 Å². The molecule has 0 aliphatic rings. The lowest BCUT2D eigenvalue weighted by atomic mass is 9.99. The van der Waals surface area contributed by atoms with Gasteiger partial charge in [-0.05, 0) is 35.4 Å². The van der Waals surface area contributed by atoms with Gasteiger partial charge in [0.25, 0.3) is 0 Å². The number of carbonyl (C=O) groups excluding carboxylic acids is 1. The fourth-order valence-corrected chi connectivity index (χ4v) is 2.73. The number of ether oxygens (including phenoxy) is 2. The van der Waals surface area contributed by atoms with Crippen molar-refractivity contribution in [3.63, 3.8) is 0 Å². The molecule has 1 aromatic heterocycles. The number of methoxy groups -OCH3 is 2. The number of hydrogen-bond acceptors (Lipinski definition) is 4. The molecular weight excluding hydrogens is 316 g/mol. The lowest BCUT2D eigenvalue weighted by Crippen LogP contribution is -2.06. The van der Waals surface area contributed by atoms with Crippen molar-refractivity contribution >= 4 is 5.78 Å². The van der Waals surface area contributed by atoms with Crippen LogP contribution < -0.4 is 9.47 Å². The highest BCUT2D eigenvalue weighted by atomic mass is 16.5. The van der Waals surface area contributed by atoms with Gasteiger partial charge in [0, 0.05) is 25.2 Å². The van der Waals surface area contributed by atoms with Crippen molar-refractivity contribution in [3.05, 3.63) is 66.0 Å². The Balaban J connectivity index is 1.86. The molecule has 5 nitrogen and oxygen atoms in total. The highest BCUT2D eigenvalue weighted by Gasteiger charge is 2.15. The normalized spacial score (nSPS) is 10.5. The number of rotatable bonds is 6. The van der Waals surface area contributed by atoms with Gasteiger partial charge >= 0.3 is 0 Å². The van der Waals surface area contributed by atoms with Gasteiger partial charge < -0.3 is 9.47 Å². The molecular formula is C20H20N2O3. The molecule has 2 aromatic carbocycles. The van der Waals surface area contributed by atoms with Crippen molar-refractivity contribution in [3.8, 4) is 22.6 Å². The number of aryl methyl sites for hydroxylation is 1. The molecule has 0 fully saturated rings. The van der Waals surface area contributed by atoms with Crippen LogP contribution in [0, 0.1) is 0 Å². The largest absolute Gasteiger partial charge is 0.497 e. The number of benzene rings is 2. The van der Waals surface area contributed by atoms with E-state index in [1.54, 1.807) is 25.1 Å². The Morgan fingerprint density at radius 1 is 1.08 bits per heavy atom. The smallest absolute Gasteiger partial charge is 0.170 e.